The number of hydrogen-bond acceptors (Lipinski definition) is 5. The van der Waals surface area contributed by atoms with Crippen LogP contribution in [0.3, 0.4) is 0 Å². The van der Waals surface area contributed by atoms with E-state index in [2.05, 4.69) is 33.5 Å². The number of hydrogen-bond donors (Lipinski definition) is 2. The van der Waals surface area contributed by atoms with Crippen molar-refractivity contribution in [1.82, 2.24) is 15.5 Å². The van der Waals surface area contributed by atoms with Crippen LogP contribution in [0.2, 0.25) is 0 Å². The van der Waals surface area contributed by atoms with Gasteiger partial charge in [-0.3, -0.25) is 19.2 Å². The molecule has 2 N–H and O–H groups in total. The van der Waals surface area contributed by atoms with E-state index in [4.69, 9.17) is 4.84 Å². The molecule has 0 saturated carbocycles. The predicted molar refractivity (Wildman–Crippen MR) is 138 cm³/mol. The van der Waals surface area contributed by atoms with Gasteiger partial charge in [-0.05, 0) is 55.6 Å². The van der Waals surface area contributed by atoms with Crippen LogP contribution in [-0.4, -0.2) is 56.4 Å². The van der Waals surface area contributed by atoms with Crippen LogP contribution in [0.1, 0.15) is 30.9 Å². The monoisotopic (exact) mass is 544 g/mol. The van der Waals surface area contributed by atoms with Gasteiger partial charge < -0.3 is 15.5 Å². The number of benzene rings is 2. The Kier molecular flexibility index (Phi) is 9.83. The fourth-order valence-corrected chi connectivity index (χ4v) is 4.55. The molecule has 3 rings (SSSR count). The number of halogens is 1. The summed E-state index contributed by atoms with van der Waals surface area (Å²) >= 11 is 3.52. The number of likely N-dealkylation sites (tertiary alicyclic amines) is 1. The summed E-state index contributed by atoms with van der Waals surface area (Å²) in [6.45, 7) is 3.59. The Morgan fingerprint density at radius 2 is 1.83 bits per heavy atom. The van der Waals surface area contributed by atoms with Crippen LogP contribution in [0.4, 0.5) is 5.69 Å². The molecule has 2 aromatic rings. The molecule has 1 heterocycles. The molecule has 0 aromatic heterocycles. The van der Waals surface area contributed by atoms with Gasteiger partial charge in [0.05, 0.1) is 24.3 Å². The SMILES string of the molecule is CCc1ccc(N(C=O)OCC2(C(=O)NCc3ccccc3Br)CCN(C(=O)CNC)CC2)cc1. The van der Waals surface area contributed by atoms with Gasteiger partial charge >= 0.3 is 0 Å². The maximum absolute atomic E-state index is 13.5. The van der Waals surface area contributed by atoms with Gasteiger partial charge in [-0.15, -0.1) is 0 Å². The van der Waals surface area contributed by atoms with E-state index in [1.54, 1.807) is 11.9 Å². The molecule has 188 valence electrons. The summed E-state index contributed by atoms with van der Waals surface area (Å²) in [5.74, 6) is -0.151. The molecule has 8 nitrogen and oxygen atoms in total. The highest BCUT2D eigenvalue weighted by atomic mass is 79.9. The van der Waals surface area contributed by atoms with Crippen molar-refractivity contribution in [3.63, 3.8) is 0 Å². The molecule has 1 saturated heterocycles. The van der Waals surface area contributed by atoms with Crippen LogP contribution in [0.15, 0.2) is 53.0 Å². The zero-order valence-corrected chi connectivity index (χ0v) is 21.8. The summed E-state index contributed by atoms with van der Waals surface area (Å²) in [7, 11) is 1.73. The minimum Gasteiger partial charge on any atom is -0.351 e. The number of rotatable bonds is 11. The average molecular weight is 545 g/mol. The molecule has 1 aliphatic rings. The Balaban J connectivity index is 1.73. The lowest BCUT2D eigenvalue weighted by atomic mass is 9.78. The highest BCUT2D eigenvalue weighted by Gasteiger charge is 2.43. The Bertz CT molecular complexity index is 1010. The fourth-order valence-electron chi connectivity index (χ4n) is 4.13. The van der Waals surface area contributed by atoms with Gasteiger partial charge in [0.15, 0.2) is 0 Å². The van der Waals surface area contributed by atoms with E-state index in [1.165, 1.54) is 5.06 Å². The van der Waals surface area contributed by atoms with Crippen molar-refractivity contribution in [2.45, 2.75) is 32.7 Å². The molecule has 0 spiro atoms. The molecule has 0 atom stereocenters. The van der Waals surface area contributed by atoms with E-state index in [-0.39, 0.29) is 25.0 Å². The van der Waals surface area contributed by atoms with E-state index in [1.807, 2.05) is 48.5 Å². The van der Waals surface area contributed by atoms with Crippen molar-refractivity contribution in [1.29, 1.82) is 0 Å². The lowest BCUT2D eigenvalue weighted by Crippen LogP contribution is -2.53. The highest BCUT2D eigenvalue weighted by Crippen LogP contribution is 2.33. The Morgan fingerprint density at radius 1 is 1.14 bits per heavy atom. The first-order valence-electron chi connectivity index (χ1n) is 11.8. The first kappa shape index (κ1) is 26.8. The predicted octanol–water partition coefficient (Wildman–Crippen LogP) is 3.05. The molecule has 35 heavy (non-hydrogen) atoms. The molecule has 3 amide bonds. The molecular formula is C26H33BrN4O4. The summed E-state index contributed by atoms with van der Waals surface area (Å²) in [6.07, 6.45) is 2.38. The lowest BCUT2D eigenvalue weighted by Gasteiger charge is -2.40. The van der Waals surface area contributed by atoms with E-state index in [0.717, 1.165) is 22.0 Å². The van der Waals surface area contributed by atoms with E-state index in [0.29, 0.717) is 44.6 Å². The quantitative estimate of drug-likeness (QED) is 0.335. The van der Waals surface area contributed by atoms with Crippen LogP contribution in [0, 0.1) is 5.41 Å². The number of amides is 3. The van der Waals surface area contributed by atoms with Crippen molar-refractivity contribution in [3.05, 3.63) is 64.1 Å². The lowest BCUT2D eigenvalue weighted by molar-refractivity contribution is -0.145. The topological polar surface area (TPSA) is 91.0 Å². The zero-order chi connectivity index (χ0) is 25.3. The van der Waals surface area contributed by atoms with Crippen molar-refractivity contribution in [2.24, 2.45) is 5.41 Å². The van der Waals surface area contributed by atoms with E-state index < -0.39 is 5.41 Å². The maximum atomic E-state index is 13.5. The molecule has 0 aliphatic carbocycles. The number of anilines is 1. The second-order valence-corrected chi connectivity index (χ2v) is 9.54. The molecule has 0 bridgehead atoms. The molecular weight excluding hydrogens is 512 g/mol. The van der Waals surface area contributed by atoms with Gasteiger partial charge in [0, 0.05) is 24.1 Å². The van der Waals surface area contributed by atoms with Gasteiger partial charge in [0.25, 0.3) is 0 Å². The largest absolute Gasteiger partial charge is 0.351 e. The average Bonchev–Trinajstić information content (AvgIpc) is 2.89. The number of nitrogens with zero attached hydrogens (tertiary/aromatic N) is 2. The smallest absolute Gasteiger partial charge is 0.238 e. The van der Waals surface area contributed by atoms with Crippen LogP contribution in [0.5, 0.6) is 0 Å². The number of piperidine rings is 1. The Morgan fingerprint density at radius 3 is 2.43 bits per heavy atom. The number of nitrogens with one attached hydrogen (secondary N) is 2. The van der Waals surface area contributed by atoms with Crippen molar-refractivity contribution in [2.75, 3.05) is 38.4 Å². The zero-order valence-electron chi connectivity index (χ0n) is 20.3. The van der Waals surface area contributed by atoms with E-state index in [9.17, 15) is 14.4 Å². The molecule has 9 heteroatoms. The fraction of sp³-hybridized carbons (Fsp3) is 0.423. The minimum absolute atomic E-state index is 0.00109. The molecule has 1 fully saturated rings. The third kappa shape index (κ3) is 6.90. The van der Waals surface area contributed by atoms with Crippen molar-refractivity contribution >= 4 is 39.8 Å². The normalized spacial score (nSPS) is 14.9. The third-order valence-electron chi connectivity index (χ3n) is 6.45. The highest BCUT2D eigenvalue weighted by molar-refractivity contribution is 9.10. The number of aryl methyl sites for hydroxylation is 1. The Labute approximate surface area is 215 Å². The minimum atomic E-state index is -0.873. The summed E-state index contributed by atoms with van der Waals surface area (Å²) < 4.78 is 0.917. The standard InChI is InChI=1S/C26H33BrN4O4/c1-3-20-8-10-22(11-9-20)31(19-32)35-18-26(12-14-30(15-13-26)24(33)17-28-2)25(34)29-16-21-6-4-5-7-23(21)27/h4-11,19,28H,3,12-18H2,1-2H3,(H,29,34). The summed E-state index contributed by atoms with van der Waals surface area (Å²) in [6, 6.07) is 15.3. The first-order valence-corrected chi connectivity index (χ1v) is 12.6. The summed E-state index contributed by atoms with van der Waals surface area (Å²) in [5.41, 5.74) is 1.84. The van der Waals surface area contributed by atoms with Gasteiger partial charge in [0.1, 0.15) is 0 Å². The summed E-state index contributed by atoms with van der Waals surface area (Å²) in [4.78, 5) is 45.3. The van der Waals surface area contributed by atoms with Crippen LogP contribution in [0.25, 0.3) is 0 Å². The number of hydroxylamine groups is 1. The number of likely N-dealkylation sites (N-methyl/N-ethyl adjacent to an activating group) is 1. The molecule has 0 unspecified atom stereocenters. The molecule has 0 radical (unpaired) electrons. The number of carbonyl (C=O) groups is 3. The van der Waals surface area contributed by atoms with Gasteiger partial charge in [-0.1, -0.05) is 53.2 Å². The number of carbonyl (C=O) groups excluding carboxylic acids is 3. The van der Waals surface area contributed by atoms with Gasteiger partial charge in [-0.2, -0.15) is 5.06 Å². The van der Waals surface area contributed by atoms with Crippen LogP contribution in [-0.2, 0) is 32.2 Å². The van der Waals surface area contributed by atoms with Crippen molar-refractivity contribution in [3.8, 4) is 0 Å². The Hall–Kier alpha value is -2.75. The molecule has 2 aromatic carbocycles. The second-order valence-electron chi connectivity index (χ2n) is 8.69. The van der Waals surface area contributed by atoms with Gasteiger partial charge in [0.2, 0.25) is 18.2 Å². The van der Waals surface area contributed by atoms with Gasteiger partial charge in [-0.25, -0.2) is 0 Å². The third-order valence-corrected chi connectivity index (χ3v) is 7.23. The molecule has 1 aliphatic heterocycles. The maximum Gasteiger partial charge on any atom is 0.238 e. The van der Waals surface area contributed by atoms with E-state index >= 15 is 0 Å². The van der Waals surface area contributed by atoms with Crippen LogP contribution < -0.4 is 15.7 Å². The summed E-state index contributed by atoms with van der Waals surface area (Å²) in [5, 5.41) is 7.09. The second kappa shape index (κ2) is 12.8. The first-order chi connectivity index (χ1) is 16.9. The van der Waals surface area contributed by atoms with Crippen molar-refractivity contribution < 1.29 is 19.2 Å². The van der Waals surface area contributed by atoms with Crippen LogP contribution >= 0.6 is 15.9 Å².